The first-order valence-electron chi connectivity index (χ1n) is 7.07. The average molecular weight is 285 g/mol. The highest BCUT2D eigenvalue weighted by Gasteiger charge is 2.15. The molecule has 1 aliphatic heterocycles. The molecule has 20 heavy (non-hydrogen) atoms. The van der Waals surface area contributed by atoms with E-state index in [9.17, 15) is 8.78 Å². The van der Waals surface area contributed by atoms with Crippen molar-refractivity contribution < 1.29 is 18.3 Å². The lowest BCUT2D eigenvalue weighted by molar-refractivity contribution is -0.0498. The van der Waals surface area contributed by atoms with Crippen LogP contribution in [0.1, 0.15) is 43.7 Å². The van der Waals surface area contributed by atoms with Gasteiger partial charge in [0.2, 0.25) is 0 Å². The van der Waals surface area contributed by atoms with E-state index in [4.69, 9.17) is 10.5 Å². The maximum absolute atomic E-state index is 12.0. The first-order valence-corrected chi connectivity index (χ1v) is 7.07. The Morgan fingerprint density at radius 2 is 2.05 bits per heavy atom. The SMILES string of the molecule is NC(CCCC1CCCO1)c1ccc(OC(F)F)cc1. The van der Waals surface area contributed by atoms with E-state index in [0.717, 1.165) is 44.3 Å². The Morgan fingerprint density at radius 1 is 1.30 bits per heavy atom. The molecule has 2 rings (SSSR count). The summed E-state index contributed by atoms with van der Waals surface area (Å²) in [7, 11) is 0. The quantitative estimate of drug-likeness (QED) is 0.832. The minimum absolute atomic E-state index is 0.0722. The number of halogens is 2. The summed E-state index contributed by atoms with van der Waals surface area (Å²) in [6, 6.07) is 6.48. The number of alkyl halides is 2. The van der Waals surface area contributed by atoms with Crippen LogP contribution in [-0.2, 0) is 4.74 Å². The van der Waals surface area contributed by atoms with Gasteiger partial charge in [-0.25, -0.2) is 0 Å². The topological polar surface area (TPSA) is 44.5 Å². The molecular weight excluding hydrogens is 264 g/mol. The van der Waals surface area contributed by atoms with Gasteiger partial charge >= 0.3 is 6.61 Å². The highest BCUT2D eigenvalue weighted by atomic mass is 19.3. The van der Waals surface area contributed by atoms with Crippen LogP contribution in [0, 0.1) is 0 Å². The monoisotopic (exact) mass is 285 g/mol. The van der Waals surface area contributed by atoms with E-state index >= 15 is 0 Å². The molecule has 0 amide bonds. The zero-order chi connectivity index (χ0) is 14.4. The van der Waals surface area contributed by atoms with E-state index in [1.807, 2.05) is 0 Å². The number of nitrogens with two attached hydrogens (primary N) is 1. The third-order valence-corrected chi connectivity index (χ3v) is 3.60. The fourth-order valence-corrected chi connectivity index (χ4v) is 2.50. The van der Waals surface area contributed by atoms with Crippen LogP contribution >= 0.6 is 0 Å². The Bertz CT molecular complexity index is 391. The van der Waals surface area contributed by atoms with Crippen LogP contribution in [-0.4, -0.2) is 19.3 Å². The van der Waals surface area contributed by atoms with Gasteiger partial charge in [0.25, 0.3) is 0 Å². The smallest absolute Gasteiger partial charge is 0.387 e. The Balaban J connectivity index is 1.75. The van der Waals surface area contributed by atoms with Gasteiger partial charge in [-0.2, -0.15) is 8.78 Å². The molecule has 3 nitrogen and oxygen atoms in total. The normalized spacial score (nSPS) is 20.3. The molecule has 1 aromatic carbocycles. The fraction of sp³-hybridized carbons (Fsp3) is 0.600. The molecular formula is C15H21F2NO2. The second-order valence-electron chi connectivity index (χ2n) is 5.12. The Morgan fingerprint density at radius 3 is 2.65 bits per heavy atom. The van der Waals surface area contributed by atoms with E-state index < -0.39 is 6.61 Å². The van der Waals surface area contributed by atoms with Crippen molar-refractivity contribution in [1.82, 2.24) is 0 Å². The van der Waals surface area contributed by atoms with Gasteiger partial charge < -0.3 is 15.2 Å². The van der Waals surface area contributed by atoms with Crippen LogP contribution in [0.15, 0.2) is 24.3 Å². The van der Waals surface area contributed by atoms with Crippen molar-refractivity contribution in [3.05, 3.63) is 29.8 Å². The molecule has 1 aliphatic rings. The molecule has 0 saturated carbocycles. The van der Waals surface area contributed by atoms with Crippen molar-refractivity contribution in [2.75, 3.05) is 6.61 Å². The van der Waals surface area contributed by atoms with Gasteiger partial charge in [0.15, 0.2) is 0 Å². The van der Waals surface area contributed by atoms with Crippen LogP contribution in [0.4, 0.5) is 8.78 Å². The molecule has 0 aliphatic carbocycles. The van der Waals surface area contributed by atoms with Crippen molar-refractivity contribution in [2.24, 2.45) is 5.73 Å². The summed E-state index contributed by atoms with van der Waals surface area (Å²) in [5, 5.41) is 0. The predicted octanol–water partition coefficient (Wildman–Crippen LogP) is 3.64. The summed E-state index contributed by atoms with van der Waals surface area (Å²) in [5.41, 5.74) is 7.04. The minimum Gasteiger partial charge on any atom is -0.435 e. The van der Waals surface area contributed by atoms with Crippen molar-refractivity contribution in [3.8, 4) is 5.75 Å². The van der Waals surface area contributed by atoms with Crippen LogP contribution in [0.3, 0.4) is 0 Å². The van der Waals surface area contributed by atoms with E-state index in [2.05, 4.69) is 4.74 Å². The third kappa shape index (κ3) is 4.72. The van der Waals surface area contributed by atoms with Crippen molar-refractivity contribution in [3.63, 3.8) is 0 Å². The summed E-state index contributed by atoms with van der Waals surface area (Å²) >= 11 is 0. The van der Waals surface area contributed by atoms with E-state index in [-0.39, 0.29) is 11.8 Å². The molecule has 2 unspecified atom stereocenters. The molecule has 112 valence electrons. The molecule has 0 radical (unpaired) electrons. The molecule has 0 bridgehead atoms. The third-order valence-electron chi connectivity index (χ3n) is 3.60. The Hall–Kier alpha value is -1.20. The van der Waals surface area contributed by atoms with Crippen molar-refractivity contribution >= 4 is 0 Å². The minimum atomic E-state index is -2.79. The lowest BCUT2D eigenvalue weighted by Crippen LogP contribution is -2.12. The Labute approximate surface area is 118 Å². The first kappa shape index (κ1) is 15.2. The molecule has 1 saturated heterocycles. The lowest BCUT2D eigenvalue weighted by atomic mass is 10.00. The van der Waals surface area contributed by atoms with Gasteiger partial charge in [-0.05, 0) is 49.8 Å². The molecule has 0 spiro atoms. The summed E-state index contributed by atoms with van der Waals surface area (Å²) in [4.78, 5) is 0. The van der Waals surface area contributed by atoms with E-state index in [1.54, 1.807) is 12.1 Å². The number of ether oxygens (including phenoxy) is 2. The van der Waals surface area contributed by atoms with Crippen molar-refractivity contribution in [1.29, 1.82) is 0 Å². The van der Waals surface area contributed by atoms with Crippen LogP contribution in [0.5, 0.6) is 5.75 Å². The maximum Gasteiger partial charge on any atom is 0.387 e. The highest BCUT2D eigenvalue weighted by Crippen LogP contribution is 2.23. The molecule has 1 fully saturated rings. The zero-order valence-electron chi connectivity index (χ0n) is 11.4. The van der Waals surface area contributed by atoms with Gasteiger partial charge in [-0.3, -0.25) is 0 Å². The zero-order valence-corrected chi connectivity index (χ0v) is 11.4. The van der Waals surface area contributed by atoms with Gasteiger partial charge in [0, 0.05) is 12.6 Å². The summed E-state index contributed by atoms with van der Waals surface area (Å²) in [6.45, 7) is -1.91. The number of hydrogen-bond acceptors (Lipinski definition) is 3. The van der Waals surface area contributed by atoms with Crippen LogP contribution in [0.2, 0.25) is 0 Å². The number of hydrogen-bond donors (Lipinski definition) is 1. The summed E-state index contributed by atoms with van der Waals surface area (Å²) in [5.74, 6) is 0.162. The van der Waals surface area contributed by atoms with Crippen LogP contribution in [0.25, 0.3) is 0 Å². The van der Waals surface area contributed by atoms with E-state index in [1.165, 1.54) is 12.1 Å². The van der Waals surface area contributed by atoms with Gasteiger partial charge in [0.05, 0.1) is 6.10 Å². The molecule has 1 aromatic rings. The molecule has 2 atom stereocenters. The maximum atomic E-state index is 12.0. The highest BCUT2D eigenvalue weighted by molar-refractivity contribution is 5.29. The fourth-order valence-electron chi connectivity index (χ4n) is 2.50. The molecule has 5 heteroatoms. The first-order chi connectivity index (χ1) is 9.65. The second-order valence-corrected chi connectivity index (χ2v) is 5.12. The summed E-state index contributed by atoms with van der Waals surface area (Å²) < 4.78 is 33.9. The van der Waals surface area contributed by atoms with Gasteiger partial charge in [-0.1, -0.05) is 12.1 Å². The number of benzene rings is 1. The van der Waals surface area contributed by atoms with Crippen LogP contribution < -0.4 is 10.5 Å². The number of rotatable bonds is 7. The second kappa shape index (κ2) is 7.55. The largest absolute Gasteiger partial charge is 0.435 e. The lowest BCUT2D eigenvalue weighted by Gasteiger charge is -2.14. The molecule has 2 N–H and O–H groups in total. The molecule has 1 heterocycles. The van der Waals surface area contributed by atoms with Crippen molar-refractivity contribution in [2.45, 2.75) is 50.9 Å². The molecule has 0 aromatic heterocycles. The average Bonchev–Trinajstić information content (AvgIpc) is 2.92. The van der Waals surface area contributed by atoms with Gasteiger partial charge in [0.1, 0.15) is 5.75 Å². The summed E-state index contributed by atoms with van der Waals surface area (Å²) in [6.07, 6.45) is 5.62. The van der Waals surface area contributed by atoms with E-state index in [0.29, 0.717) is 6.10 Å². The Kier molecular flexibility index (Phi) is 5.73. The predicted molar refractivity (Wildman–Crippen MR) is 72.8 cm³/mol. The standard InChI is InChI=1S/C15H21F2NO2/c16-15(17)20-13-8-6-11(7-9-13)14(18)5-1-3-12-4-2-10-19-12/h6-9,12,14-15H,1-5,10,18H2. The van der Waals surface area contributed by atoms with Gasteiger partial charge in [-0.15, -0.1) is 0 Å².